The molecule has 1 aromatic heterocycles. The molecule has 0 bridgehead atoms. The van der Waals surface area contributed by atoms with Crippen molar-refractivity contribution >= 4 is 35.2 Å². The second kappa shape index (κ2) is 11.6. The van der Waals surface area contributed by atoms with Gasteiger partial charge >= 0.3 is 6.09 Å². The second-order valence-corrected chi connectivity index (χ2v) is 10.7. The SMILES string of the molecule is CC(C)(C)OC(=O)N1C[C@@H](NC(=O)COc2ccc(Cl)c(F)c2)CC[C@@H]1c1nnc(-c2ccc(Cl)cc2)o1. The Morgan fingerprint density at radius 1 is 1.13 bits per heavy atom. The number of ether oxygens (including phenoxy) is 2. The highest BCUT2D eigenvalue weighted by Gasteiger charge is 2.38. The second-order valence-electron chi connectivity index (χ2n) is 9.81. The molecule has 0 radical (unpaired) electrons. The van der Waals surface area contributed by atoms with Gasteiger partial charge in [0.25, 0.3) is 5.91 Å². The Kier molecular flexibility index (Phi) is 8.42. The minimum absolute atomic E-state index is 0.0395. The van der Waals surface area contributed by atoms with E-state index in [1.165, 1.54) is 17.0 Å². The van der Waals surface area contributed by atoms with Gasteiger partial charge in [-0.1, -0.05) is 23.2 Å². The highest BCUT2D eigenvalue weighted by atomic mass is 35.5. The number of carbonyl (C=O) groups excluding carboxylic acids is 2. The van der Waals surface area contributed by atoms with E-state index in [4.69, 9.17) is 37.1 Å². The lowest BCUT2D eigenvalue weighted by molar-refractivity contribution is -0.124. The molecule has 0 saturated carbocycles. The third kappa shape index (κ3) is 7.14. The highest BCUT2D eigenvalue weighted by molar-refractivity contribution is 6.31. The molecule has 1 saturated heterocycles. The molecule has 38 heavy (non-hydrogen) atoms. The van der Waals surface area contributed by atoms with Crippen molar-refractivity contribution in [2.75, 3.05) is 13.2 Å². The van der Waals surface area contributed by atoms with Gasteiger partial charge in [-0.2, -0.15) is 0 Å². The fraction of sp³-hybridized carbons (Fsp3) is 0.385. The lowest BCUT2D eigenvalue weighted by atomic mass is 9.98. The van der Waals surface area contributed by atoms with Crippen molar-refractivity contribution < 1.29 is 27.9 Å². The van der Waals surface area contributed by atoms with Crippen LogP contribution in [-0.4, -0.2) is 51.9 Å². The number of rotatable bonds is 6. The van der Waals surface area contributed by atoms with E-state index in [0.717, 1.165) is 6.07 Å². The van der Waals surface area contributed by atoms with Crippen molar-refractivity contribution in [3.8, 4) is 17.2 Å². The molecule has 12 heteroatoms. The Morgan fingerprint density at radius 2 is 1.87 bits per heavy atom. The molecule has 0 unspecified atom stereocenters. The van der Waals surface area contributed by atoms with Crippen molar-refractivity contribution in [2.45, 2.75) is 51.3 Å². The normalized spacial score (nSPS) is 17.7. The van der Waals surface area contributed by atoms with Crippen LogP contribution < -0.4 is 10.1 Å². The summed E-state index contributed by atoms with van der Waals surface area (Å²) in [5.74, 6) is -0.327. The molecule has 0 aliphatic carbocycles. The van der Waals surface area contributed by atoms with Gasteiger partial charge in [0.05, 0.1) is 5.02 Å². The number of benzene rings is 2. The Morgan fingerprint density at radius 3 is 2.55 bits per heavy atom. The molecule has 9 nitrogen and oxygen atoms in total. The van der Waals surface area contributed by atoms with Gasteiger partial charge in [0.15, 0.2) is 6.61 Å². The van der Waals surface area contributed by atoms with Gasteiger partial charge in [0.1, 0.15) is 23.2 Å². The van der Waals surface area contributed by atoms with Gasteiger partial charge in [-0.25, -0.2) is 9.18 Å². The summed E-state index contributed by atoms with van der Waals surface area (Å²) in [6.45, 7) is 5.13. The van der Waals surface area contributed by atoms with Crippen LogP contribution in [0.3, 0.4) is 0 Å². The summed E-state index contributed by atoms with van der Waals surface area (Å²) in [6.07, 6.45) is 0.403. The van der Waals surface area contributed by atoms with E-state index in [2.05, 4.69) is 15.5 Å². The zero-order chi connectivity index (χ0) is 27.4. The van der Waals surface area contributed by atoms with Crippen LogP contribution in [0.1, 0.15) is 45.5 Å². The van der Waals surface area contributed by atoms with E-state index < -0.39 is 29.5 Å². The molecule has 202 valence electrons. The molecular formula is C26H27Cl2FN4O5. The molecule has 1 N–H and O–H groups in total. The van der Waals surface area contributed by atoms with Crippen molar-refractivity contribution in [3.63, 3.8) is 0 Å². The number of hydrogen-bond acceptors (Lipinski definition) is 7. The van der Waals surface area contributed by atoms with Crippen LogP contribution in [0.25, 0.3) is 11.5 Å². The molecule has 1 aliphatic heterocycles. The topological polar surface area (TPSA) is 107 Å². The van der Waals surface area contributed by atoms with Crippen LogP contribution in [0.4, 0.5) is 9.18 Å². The third-order valence-electron chi connectivity index (χ3n) is 5.65. The lowest BCUT2D eigenvalue weighted by Gasteiger charge is -2.38. The van der Waals surface area contributed by atoms with Gasteiger partial charge in [0.2, 0.25) is 11.8 Å². The van der Waals surface area contributed by atoms with Gasteiger partial charge < -0.3 is 19.2 Å². The average molecular weight is 565 g/mol. The molecule has 0 spiro atoms. The molecule has 1 fully saturated rings. The number of piperidine rings is 1. The molecule has 2 aromatic carbocycles. The Labute approximate surface area is 229 Å². The number of carbonyl (C=O) groups is 2. The van der Waals surface area contributed by atoms with E-state index >= 15 is 0 Å². The van der Waals surface area contributed by atoms with Crippen LogP contribution in [0, 0.1) is 5.82 Å². The summed E-state index contributed by atoms with van der Waals surface area (Å²) in [6, 6.07) is 9.96. The number of aromatic nitrogens is 2. The largest absolute Gasteiger partial charge is 0.484 e. The minimum Gasteiger partial charge on any atom is -0.484 e. The molecular weight excluding hydrogens is 538 g/mol. The van der Waals surface area contributed by atoms with Crippen molar-refractivity contribution in [1.29, 1.82) is 0 Å². The lowest BCUT2D eigenvalue weighted by Crippen LogP contribution is -2.52. The molecule has 3 aromatic rings. The van der Waals surface area contributed by atoms with Crippen LogP contribution in [0.2, 0.25) is 10.0 Å². The summed E-state index contributed by atoms with van der Waals surface area (Å²) < 4.78 is 30.5. The molecule has 2 heterocycles. The maximum atomic E-state index is 13.6. The van der Waals surface area contributed by atoms with Crippen molar-refractivity contribution in [2.24, 2.45) is 0 Å². The van der Waals surface area contributed by atoms with Crippen molar-refractivity contribution in [3.05, 3.63) is 64.2 Å². The van der Waals surface area contributed by atoms with E-state index in [1.807, 2.05) is 0 Å². The standard InChI is InChI=1S/C26H27Cl2FN4O5/c1-26(2,3)38-25(35)33-13-17(30-22(34)14-36-18-9-10-19(28)20(29)12-18)8-11-21(33)24-32-31-23(37-24)15-4-6-16(27)7-5-15/h4-7,9-10,12,17,21H,8,11,13-14H2,1-3H3,(H,30,34)/t17-,21+/m0/s1. The summed E-state index contributed by atoms with van der Waals surface area (Å²) in [5.41, 5.74) is -0.0403. The maximum absolute atomic E-state index is 13.6. The summed E-state index contributed by atoms with van der Waals surface area (Å²) in [5, 5.41) is 11.7. The average Bonchev–Trinajstić information content (AvgIpc) is 3.34. The first kappa shape index (κ1) is 27.7. The smallest absolute Gasteiger partial charge is 0.411 e. The predicted molar refractivity (Wildman–Crippen MR) is 138 cm³/mol. The number of likely N-dealkylation sites (tertiary alicyclic amines) is 1. The Balaban J connectivity index is 1.44. The number of hydrogen-bond donors (Lipinski definition) is 1. The number of halogens is 3. The highest BCUT2D eigenvalue weighted by Crippen LogP contribution is 2.33. The van der Waals surface area contributed by atoms with Gasteiger partial charge in [-0.3, -0.25) is 9.69 Å². The van der Waals surface area contributed by atoms with Crippen molar-refractivity contribution in [1.82, 2.24) is 20.4 Å². The zero-order valence-electron chi connectivity index (χ0n) is 21.0. The first-order valence-electron chi connectivity index (χ1n) is 11.9. The minimum atomic E-state index is -0.733. The van der Waals surface area contributed by atoms with E-state index in [1.54, 1.807) is 45.0 Å². The molecule has 4 rings (SSSR count). The maximum Gasteiger partial charge on any atom is 0.411 e. The summed E-state index contributed by atoms with van der Waals surface area (Å²) >= 11 is 11.6. The summed E-state index contributed by atoms with van der Waals surface area (Å²) in [4.78, 5) is 27.1. The van der Waals surface area contributed by atoms with Crippen LogP contribution in [0.5, 0.6) is 5.75 Å². The first-order valence-corrected chi connectivity index (χ1v) is 12.7. The molecule has 2 atom stereocenters. The fourth-order valence-corrected chi connectivity index (χ4v) is 4.17. The monoisotopic (exact) mass is 564 g/mol. The Bertz CT molecular complexity index is 1300. The number of nitrogens with zero attached hydrogens (tertiary/aromatic N) is 3. The third-order valence-corrected chi connectivity index (χ3v) is 6.21. The first-order chi connectivity index (χ1) is 18.0. The zero-order valence-corrected chi connectivity index (χ0v) is 22.6. The molecule has 2 amide bonds. The van der Waals surface area contributed by atoms with Gasteiger partial charge in [-0.15, -0.1) is 10.2 Å². The van der Waals surface area contributed by atoms with Crippen LogP contribution >= 0.6 is 23.2 Å². The molecule has 1 aliphatic rings. The van der Waals surface area contributed by atoms with Crippen LogP contribution in [-0.2, 0) is 9.53 Å². The predicted octanol–water partition coefficient (Wildman–Crippen LogP) is 5.82. The van der Waals surface area contributed by atoms with Gasteiger partial charge in [0, 0.05) is 29.2 Å². The quantitative estimate of drug-likeness (QED) is 0.402. The Hall–Kier alpha value is -3.37. The summed E-state index contributed by atoms with van der Waals surface area (Å²) in [7, 11) is 0. The van der Waals surface area contributed by atoms with E-state index in [9.17, 15) is 14.0 Å². The van der Waals surface area contributed by atoms with Crippen LogP contribution in [0.15, 0.2) is 46.9 Å². The van der Waals surface area contributed by atoms with Gasteiger partial charge in [-0.05, 0) is 70.0 Å². The van der Waals surface area contributed by atoms with E-state index in [-0.39, 0.29) is 35.9 Å². The number of amides is 2. The van der Waals surface area contributed by atoms with E-state index in [0.29, 0.717) is 29.3 Å². The number of nitrogens with one attached hydrogen (secondary N) is 1. The fourth-order valence-electron chi connectivity index (χ4n) is 3.93.